The molecule has 0 atom stereocenters. The molecule has 1 aliphatic rings. The SMILES string of the molecule is COCCOCCCCN1CCCC1. The summed E-state index contributed by atoms with van der Waals surface area (Å²) in [6.07, 6.45) is 5.24. The van der Waals surface area contributed by atoms with Crippen LogP contribution in [-0.2, 0) is 9.47 Å². The number of rotatable bonds is 8. The van der Waals surface area contributed by atoms with Crippen molar-refractivity contribution in [3.05, 3.63) is 0 Å². The van der Waals surface area contributed by atoms with E-state index >= 15 is 0 Å². The van der Waals surface area contributed by atoms with Gasteiger partial charge >= 0.3 is 0 Å². The third-order valence-electron chi connectivity index (χ3n) is 2.64. The molecule has 1 fully saturated rings. The highest BCUT2D eigenvalue weighted by molar-refractivity contribution is 4.65. The van der Waals surface area contributed by atoms with E-state index in [4.69, 9.17) is 9.47 Å². The molecule has 0 amide bonds. The molecule has 3 heteroatoms. The van der Waals surface area contributed by atoms with E-state index in [9.17, 15) is 0 Å². The van der Waals surface area contributed by atoms with Crippen LogP contribution in [0.2, 0.25) is 0 Å². The lowest BCUT2D eigenvalue weighted by molar-refractivity contribution is 0.0679. The van der Waals surface area contributed by atoms with Gasteiger partial charge in [-0.2, -0.15) is 0 Å². The van der Waals surface area contributed by atoms with Gasteiger partial charge in [0.15, 0.2) is 0 Å². The van der Waals surface area contributed by atoms with Gasteiger partial charge in [0.1, 0.15) is 0 Å². The predicted molar refractivity (Wildman–Crippen MR) is 57.6 cm³/mol. The standard InChI is InChI=1S/C11H23NO2/c1-13-10-11-14-9-5-4-8-12-6-2-3-7-12/h2-11H2,1H3. The van der Waals surface area contributed by atoms with Crippen LogP contribution >= 0.6 is 0 Å². The summed E-state index contributed by atoms with van der Waals surface area (Å²) in [5.41, 5.74) is 0. The summed E-state index contributed by atoms with van der Waals surface area (Å²) in [6, 6.07) is 0. The number of hydrogen-bond acceptors (Lipinski definition) is 3. The first kappa shape index (κ1) is 12.0. The van der Waals surface area contributed by atoms with Gasteiger partial charge in [-0.1, -0.05) is 0 Å². The molecule has 14 heavy (non-hydrogen) atoms. The van der Waals surface area contributed by atoms with E-state index in [1.165, 1.54) is 45.3 Å². The molecule has 3 nitrogen and oxygen atoms in total. The fraction of sp³-hybridized carbons (Fsp3) is 1.00. The highest BCUT2D eigenvalue weighted by Gasteiger charge is 2.09. The number of ether oxygens (including phenoxy) is 2. The number of unbranched alkanes of at least 4 members (excludes halogenated alkanes) is 1. The summed E-state index contributed by atoms with van der Waals surface area (Å²) in [4.78, 5) is 2.55. The van der Waals surface area contributed by atoms with Crippen LogP contribution in [0.3, 0.4) is 0 Å². The third kappa shape index (κ3) is 5.58. The van der Waals surface area contributed by atoms with Crippen LogP contribution in [0, 0.1) is 0 Å². The van der Waals surface area contributed by atoms with Crippen LogP contribution in [0.4, 0.5) is 0 Å². The Morgan fingerprint density at radius 2 is 1.79 bits per heavy atom. The van der Waals surface area contributed by atoms with E-state index in [1.807, 2.05) is 0 Å². The van der Waals surface area contributed by atoms with Crippen LogP contribution < -0.4 is 0 Å². The first-order chi connectivity index (χ1) is 6.93. The minimum atomic E-state index is 0.714. The minimum absolute atomic E-state index is 0.714. The fourth-order valence-corrected chi connectivity index (χ4v) is 1.79. The molecule has 0 unspecified atom stereocenters. The molecule has 0 saturated carbocycles. The molecule has 1 saturated heterocycles. The quantitative estimate of drug-likeness (QED) is 0.556. The van der Waals surface area contributed by atoms with E-state index in [-0.39, 0.29) is 0 Å². The van der Waals surface area contributed by atoms with Crippen molar-refractivity contribution in [1.82, 2.24) is 4.90 Å². The molecule has 0 aromatic rings. The highest BCUT2D eigenvalue weighted by Crippen LogP contribution is 2.08. The van der Waals surface area contributed by atoms with E-state index in [1.54, 1.807) is 7.11 Å². The molecule has 0 aromatic carbocycles. The molecule has 1 rings (SSSR count). The zero-order chi connectivity index (χ0) is 10.1. The molecule has 0 aliphatic carbocycles. The molecule has 0 radical (unpaired) electrons. The lowest BCUT2D eigenvalue weighted by Crippen LogP contribution is -2.20. The van der Waals surface area contributed by atoms with Crippen molar-refractivity contribution in [1.29, 1.82) is 0 Å². The van der Waals surface area contributed by atoms with E-state index in [0.717, 1.165) is 13.2 Å². The second kappa shape index (κ2) is 8.21. The van der Waals surface area contributed by atoms with Gasteiger partial charge in [0, 0.05) is 13.7 Å². The van der Waals surface area contributed by atoms with Crippen molar-refractivity contribution in [3.8, 4) is 0 Å². The average molecular weight is 201 g/mol. The zero-order valence-electron chi connectivity index (χ0n) is 9.33. The van der Waals surface area contributed by atoms with Gasteiger partial charge < -0.3 is 14.4 Å². The Morgan fingerprint density at radius 1 is 1.00 bits per heavy atom. The van der Waals surface area contributed by atoms with Crippen LogP contribution in [0.25, 0.3) is 0 Å². The predicted octanol–water partition coefficient (Wildman–Crippen LogP) is 1.53. The Hall–Kier alpha value is -0.120. The normalized spacial score (nSPS) is 17.8. The summed E-state index contributed by atoms with van der Waals surface area (Å²) in [7, 11) is 1.71. The number of likely N-dealkylation sites (tertiary alicyclic amines) is 1. The van der Waals surface area contributed by atoms with Crippen LogP contribution in [0.1, 0.15) is 25.7 Å². The lowest BCUT2D eigenvalue weighted by Gasteiger charge is -2.13. The highest BCUT2D eigenvalue weighted by atomic mass is 16.5. The van der Waals surface area contributed by atoms with Crippen molar-refractivity contribution < 1.29 is 9.47 Å². The van der Waals surface area contributed by atoms with Crippen molar-refractivity contribution in [2.45, 2.75) is 25.7 Å². The Balaban J connectivity index is 1.75. The zero-order valence-corrected chi connectivity index (χ0v) is 9.33. The van der Waals surface area contributed by atoms with E-state index < -0.39 is 0 Å². The Kier molecular flexibility index (Phi) is 7.01. The summed E-state index contributed by atoms with van der Waals surface area (Å²) in [5.74, 6) is 0. The second-order valence-corrected chi connectivity index (χ2v) is 3.86. The molecule has 1 aliphatic heterocycles. The van der Waals surface area contributed by atoms with Gasteiger partial charge in [-0.3, -0.25) is 0 Å². The Morgan fingerprint density at radius 3 is 2.50 bits per heavy atom. The maximum atomic E-state index is 5.40. The summed E-state index contributed by atoms with van der Waals surface area (Å²) >= 11 is 0. The Bertz CT molecular complexity index is 124. The second-order valence-electron chi connectivity index (χ2n) is 3.86. The largest absolute Gasteiger partial charge is 0.382 e. The molecule has 1 heterocycles. The van der Waals surface area contributed by atoms with E-state index in [2.05, 4.69) is 4.90 Å². The Labute approximate surface area is 87.4 Å². The molecule has 0 spiro atoms. The molecule has 0 N–H and O–H groups in total. The first-order valence-electron chi connectivity index (χ1n) is 5.72. The smallest absolute Gasteiger partial charge is 0.0700 e. The molecule has 0 aromatic heterocycles. The van der Waals surface area contributed by atoms with Crippen molar-refractivity contribution in [3.63, 3.8) is 0 Å². The van der Waals surface area contributed by atoms with Crippen LogP contribution in [-0.4, -0.2) is 51.5 Å². The summed E-state index contributed by atoms with van der Waals surface area (Å²) < 4.78 is 10.3. The van der Waals surface area contributed by atoms with Crippen molar-refractivity contribution in [2.75, 3.05) is 46.6 Å². The molecular weight excluding hydrogens is 178 g/mol. The molecular formula is C11H23NO2. The van der Waals surface area contributed by atoms with Gasteiger partial charge in [-0.25, -0.2) is 0 Å². The first-order valence-corrected chi connectivity index (χ1v) is 5.72. The van der Waals surface area contributed by atoms with Gasteiger partial charge in [0.05, 0.1) is 13.2 Å². The van der Waals surface area contributed by atoms with Crippen molar-refractivity contribution in [2.24, 2.45) is 0 Å². The van der Waals surface area contributed by atoms with Crippen LogP contribution in [0.5, 0.6) is 0 Å². The number of hydrogen-bond donors (Lipinski definition) is 0. The van der Waals surface area contributed by atoms with Gasteiger partial charge in [-0.05, 0) is 45.3 Å². The maximum absolute atomic E-state index is 5.40. The van der Waals surface area contributed by atoms with Crippen molar-refractivity contribution >= 4 is 0 Å². The monoisotopic (exact) mass is 201 g/mol. The van der Waals surface area contributed by atoms with Gasteiger partial charge in [-0.15, -0.1) is 0 Å². The van der Waals surface area contributed by atoms with Gasteiger partial charge in [0.2, 0.25) is 0 Å². The molecule has 0 bridgehead atoms. The number of methoxy groups -OCH3 is 1. The third-order valence-corrected chi connectivity index (χ3v) is 2.64. The van der Waals surface area contributed by atoms with Gasteiger partial charge in [0.25, 0.3) is 0 Å². The number of nitrogens with zero attached hydrogens (tertiary/aromatic N) is 1. The minimum Gasteiger partial charge on any atom is -0.382 e. The summed E-state index contributed by atoms with van der Waals surface area (Å²) in [5, 5.41) is 0. The fourth-order valence-electron chi connectivity index (χ4n) is 1.79. The average Bonchev–Trinajstić information content (AvgIpc) is 2.69. The molecule has 84 valence electrons. The van der Waals surface area contributed by atoms with Crippen LogP contribution in [0.15, 0.2) is 0 Å². The summed E-state index contributed by atoms with van der Waals surface area (Å²) in [6.45, 7) is 6.21. The maximum Gasteiger partial charge on any atom is 0.0700 e. The van der Waals surface area contributed by atoms with E-state index in [0.29, 0.717) is 6.61 Å². The lowest BCUT2D eigenvalue weighted by atomic mass is 10.3. The topological polar surface area (TPSA) is 21.7 Å².